The Balaban J connectivity index is 2.03. The van der Waals surface area contributed by atoms with Gasteiger partial charge < -0.3 is 10.2 Å². The first-order valence-electron chi connectivity index (χ1n) is 13.2. The third kappa shape index (κ3) is 7.83. The van der Waals surface area contributed by atoms with Crippen LogP contribution in [0.2, 0.25) is 5.02 Å². The van der Waals surface area contributed by atoms with E-state index in [9.17, 15) is 18.0 Å². The Morgan fingerprint density at radius 3 is 2.05 bits per heavy atom. The number of hydrogen-bond acceptors (Lipinski definition) is 4. The summed E-state index contributed by atoms with van der Waals surface area (Å²) in [6.45, 7) is 5.95. The van der Waals surface area contributed by atoms with Gasteiger partial charge in [0.2, 0.25) is 11.8 Å². The third-order valence-electron chi connectivity index (χ3n) is 6.44. The second-order valence-electron chi connectivity index (χ2n) is 9.21. The highest BCUT2D eigenvalue weighted by Crippen LogP contribution is 2.25. The molecule has 0 bridgehead atoms. The van der Waals surface area contributed by atoms with Crippen molar-refractivity contribution in [2.75, 3.05) is 17.4 Å². The van der Waals surface area contributed by atoms with Gasteiger partial charge in [-0.15, -0.1) is 0 Å². The number of nitrogens with zero attached hydrogens (tertiary/aromatic N) is 2. The molecule has 3 rings (SSSR count). The maximum absolute atomic E-state index is 14.0. The van der Waals surface area contributed by atoms with Crippen molar-refractivity contribution in [3.8, 4) is 0 Å². The first-order chi connectivity index (χ1) is 18.7. The van der Waals surface area contributed by atoms with Gasteiger partial charge in [-0.05, 0) is 66.8 Å². The van der Waals surface area contributed by atoms with Crippen LogP contribution in [0.4, 0.5) is 5.69 Å². The van der Waals surface area contributed by atoms with E-state index in [-0.39, 0.29) is 17.3 Å². The van der Waals surface area contributed by atoms with Crippen molar-refractivity contribution in [1.82, 2.24) is 10.2 Å². The fourth-order valence-corrected chi connectivity index (χ4v) is 5.78. The first kappa shape index (κ1) is 30.2. The average Bonchev–Trinajstić information content (AvgIpc) is 2.96. The minimum absolute atomic E-state index is 0.0781. The molecule has 9 heteroatoms. The highest BCUT2D eigenvalue weighted by molar-refractivity contribution is 7.92. The molecule has 1 atom stereocenters. The fraction of sp³-hybridized carbons (Fsp3) is 0.333. The maximum atomic E-state index is 14.0. The van der Waals surface area contributed by atoms with Gasteiger partial charge in [0.1, 0.15) is 12.6 Å². The molecular weight excluding hydrogens is 534 g/mol. The topological polar surface area (TPSA) is 86.8 Å². The zero-order valence-electron chi connectivity index (χ0n) is 22.6. The normalized spacial score (nSPS) is 12.0. The van der Waals surface area contributed by atoms with Crippen LogP contribution in [0.3, 0.4) is 0 Å². The molecule has 2 amide bonds. The van der Waals surface area contributed by atoms with Crippen LogP contribution < -0.4 is 9.62 Å². The minimum atomic E-state index is -4.08. The summed E-state index contributed by atoms with van der Waals surface area (Å²) in [7, 11) is -4.08. The number of amides is 2. The van der Waals surface area contributed by atoms with E-state index in [0.717, 1.165) is 28.3 Å². The molecule has 0 saturated carbocycles. The second-order valence-corrected chi connectivity index (χ2v) is 11.5. The molecule has 0 aliphatic heterocycles. The lowest BCUT2D eigenvalue weighted by Gasteiger charge is -2.33. The van der Waals surface area contributed by atoms with Crippen LogP contribution in [0.15, 0.2) is 83.8 Å². The molecule has 0 spiro atoms. The average molecular weight is 570 g/mol. The van der Waals surface area contributed by atoms with Crippen LogP contribution in [0.5, 0.6) is 0 Å². The zero-order valence-corrected chi connectivity index (χ0v) is 24.2. The van der Waals surface area contributed by atoms with Gasteiger partial charge in [0, 0.05) is 18.1 Å². The largest absolute Gasteiger partial charge is 0.354 e. The minimum Gasteiger partial charge on any atom is -0.354 e. The van der Waals surface area contributed by atoms with E-state index in [1.165, 1.54) is 17.0 Å². The number of sulfonamides is 1. The highest BCUT2D eigenvalue weighted by atomic mass is 35.5. The fourth-order valence-electron chi connectivity index (χ4n) is 4.22. The van der Waals surface area contributed by atoms with Crippen LogP contribution in [-0.4, -0.2) is 44.3 Å². The third-order valence-corrected chi connectivity index (χ3v) is 8.48. The lowest BCUT2D eigenvalue weighted by Crippen LogP contribution is -2.52. The number of aryl methyl sites for hydroxylation is 1. The lowest BCUT2D eigenvalue weighted by molar-refractivity contribution is -0.140. The van der Waals surface area contributed by atoms with Crippen molar-refractivity contribution >= 4 is 39.1 Å². The number of halogens is 1. The van der Waals surface area contributed by atoms with Crippen LogP contribution in [0.1, 0.15) is 44.7 Å². The Labute approximate surface area is 236 Å². The first-order valence-corrected chi connectivity index (χ1v) is 15.0. The Bertz CT molecular complexity index is 1330. The standard InChI is InChI=1S/C30H36ClN3O4S/c1-4-20-32-30(36)28(6-3)33(21-24-12-16-25(31)17-13-24)29(35)22-34(26-18-14-23(5-2)15-19-26)39(37,38)27-10-8-7-9-11-27/h7-19,28H,4-6,20-22H2,1-3H3,(H,32,36)/t28-/m1/s1. The summed E-state index contributed by atoms with van der Waals surface area (Å²) >= 11 is 6.06. The van der Waals surface area contributed by atoms with E-state index in [0.29, 0.717) is 23.7 Å². The van der Waals surface area contributed by atoms with E-state index >= 15 is 0 Å². The Hall–Kier alpha value is -3.36. The molecule has 0 radical (unpaired) electrons. The predicted octanol–water partition coefficient (Wildman–Crippen LogP) is 5.43. The van der Waals surface area contributed by atoms with E-state index in [2.05, 4.69) is 5.32 Å². The van der Waals surface area contributed by atoms with Crippen molar-refractivity contribution in [1.29, 1.82) is 0 Å². The van der Waals surface area contributed by atoms with Gasteiger partial charge in [-0.2, -0.15) is 0 Å². The predicted molar refractivity (Wildman–Crippen MR) is 156 cm³/mol. The van der Waals surface area contributed by atoms with Gasteiger partial charge >= 0.3 is 0 Å². The smallest absolute Gasteiger partial charge is 0.264 e. The van der Waals surface area contributed by atoms with Crippen molar-refractivity contribution < 1.29 is 18.0 Å². The molecule has 208 valence electrons. The Morgan fingerprint density at radius 2 is 1.49 bits per heavy atom. The van der Waals surface area contributed by atoms with Gasteiger partial charge in [-0.3, -0.25) is 13.9 Å². The van der Waals surface area contributed by atoms with Crippen molar-refractivity contribution in [2.24, 2.45) is 0 Å². The van der Waals surface area contributed by atoms with E-state index in [1.807, 2.05) is 32.9 Å². The van der Waals surface area contributed by atoms with Crippen molar-refractivity contribution in [3.05, 3.63) is 95.0 Å². The molecule has 0 saturated heterocycles. The number of hydrogen-bond donors (Lipinski definition) is 1. The van der Waals surface area contributed by atoms with Crippen LogP contribution in [0, 0.1) is 0 Å². The molecule has 0 aromatic heterocycles. The molecule has 0 fully saturated rings. The van der Waals surface area contributed by atoms with E-state index < -0.39 is 28.5 Å². The summed E-state index contributed by atoms with van der Waals surface area (Å²) in [4.78, 5) is 28.6. The van der Waals surface area contributed by atoms with E-state index in [1.54, 1.807) is 54.6 Å². The van der Waals surface area contributed by atoms with E-state index in [4.69, 9.17) is 11.6 Å². The summed E-state index contributed by atoms with van der Waals surface area (Å²) in [5.41, 5.74) is 2.20. The molecule has 0 unspecified atom stereocenters. The molecule has 0 heterocycles. The molecule has 1 N–H and O–H groups in total. The number of nitrogens with one attached hydrogen (secondary N) is 1. The van der Waals surface area contributed by atoms with Gasteiger partial charge in [0.25, 0.3) is 10.0 Å². The summed E-state index contributed by atoms with van der Waals surface area (Å²) in [6, 6.07) is 21.4. The number of carbonyl (C=O) groups excluding carboxylic acids is 2. The number of anilines is 1. The monoisotopic (exact) mass is 569 g/mol. The Morgan fingerprint density at radius 1 is 0.872 bits per heavy atom. The number of carbonyl (C=O) groups is 2. The highest BCUT2D eigenvalue weighted by Gasteiger charge is 2.33. The Kier molecular flexibility index (Phi) is 10.9. The SMILES string of the molecule is CCCNC(=O)[C@@H](CC)N(Cc1ccc(Cl)cc1)C(=O)CN(c1ccc(CC)cc1)S(=O)(=O)c1ccccc1. The number of rotatable bonds is 13. The summed E-state index contributed by atoms with van der Waals surface area (Å²) < 4.78 is 28.8. The molecule has 39 heavy (non-hydrogen) atoms. The molecule has 7 nitrogen and oxygen atoms in total. The molecule has 0 aliphatic rings. The van der Waals surface area contributed by atoms with Crippen molar-refractivity contribution in [2.45, 2.75) is 57.5 Å². The van der Waals surface area contributed by atoms with Crippen LogP contribution in [-0.2, 0) is 32.6 Å². The van der Waals surface area contributed by atoms with Crippen LogP contribution in [0.25, 0.3) is 0 Å². The van der Waals surface area contributed by atoms with Crippen molar-refractivity contribution in [3.63, 3.8) is 0 Å². The van der Waals surface area contributed by atoms with Crippen LogP contribution >= 0.6 is 11.6 Å². The van der Waals surface area contributed by atoms with Gasteiger partial charge in [0.05, 0.1) is 10.6 Å². The molecular formula is C30H36ClN3O4S. The van der Waals surface area contributed by atoms with Gasteiger partial charge in [-0.1, -0.05) is 74.8 Å². The lowest BCUT2D eigenvalue weighted by atomic mass is 10.1. The van der Waals surface area contributed by atoms with Gasteiger partial charge in [0.15, 0.2) is 0 Å². The molecule has 0 aliphatic carbocycles. The molecule has 3 aromatic rings. The quantitative estimate of drug-likeness (QED) is 0.297. The summed E-state index contributed by atoms with van der Waals surface area (Å²) in [5, 5.41) is 3.44. The molecule has 3 aromatic carbocycles. The summed E-state index contributed by atoms with van der Waals surface area (Å²) in [5.74, 6) is -0.756. The second kappa shape index (κ2) is 14.1. The zero-order chi connectivity index (χ0) is 28.4. The summed E-state index contributed by atoms with van der Waals surface area (Å²) in [6.07, 6.45) is 1.92. The number of benzene rings is 3. The maximum Gasteiger partial charge on any atom is 0.264 e. The van der Waals surface area contributed by atoms with Gasteiger partial charge in [-0.25, -0.2) is 8.42 Å².